The van der Waals surface area contributed by atoms with Gasteiger partial charge in [-0.25, -0.2) is 0 Å². The fourth-order valence-electron chi connectivity index (χ4n) is 2.17. The van der Waals surface area contributed by atoms with Crippen LogP contribution in [0.3, 0.4) is 0 Å². The number of aliphatic imine (C=N–C) groups is 1. The van der Waals surface area contributed by atoms with Crippen LogP contribution < -0.4 is 4.74 Å². The highest BCUT2D eigenvalue weighted by atomic mass is 32.2. The summed E-state index contributed by atoms with van der Waals surface area (Å²) in [7, 11) is 1.63. The number of rotatable bonds is 12. The third-order valence-corrected chi connectivity index (χ3v) is 4.93. The lowest BCUT2D eigenvalue weighted by Gasteiger charge is -2.10. The Labute approximate surface area is 157 Å². The second-order valence-corrected chi connectivity index (χ2v) is 6.89. The molecule has 0 unspecified atom stereocenters. The molecule has 0 radical (unpaired) electrons. The molecule has 1 aliphatic heterocycles. The maximum Gasteiger partial charge on any atom is 0.148 e. The van der Waals surface area contributed by atoms with Crippen molar-refractivity contribution in [3.8, 4) is 11.5 Å². The molecule has 1 aliphatic rings. The molecule has 8 heteroatoms. The van der Waals surface area contributed by atoms with E-state index in [1.165, 1.54) is 11.8 Å². The lowest BCUT2D eigenvalue weighted by molar-refractivity contribution is -0.110. The summed E-state index contributed by atoms with van der Waals surface area (Å²) < 4.78 is 21.1. The molecule has 144 valence electrons. The second-order valence-electron chi connectivity index (χ2n) is 5.93. The Balaban J connectivity index is 1.73. The van der Waals surface area contributed by atoms with Crippen molar-refractivity contribution >= 4 is 23.1 Å². The average molecular weight is 383 g/mol. The Morgan fingerprint density at radius 2 is 1.88 bits per heavy atom. The van der Waals surface area contributed by atoms with Crippen molar-refractivity contribution in [3.05, 3.63) is 23.8 Å². The topological polar surface area (TPSA) is 86.6 Å². The zero-order valence-electron chi connectivity index (χ0n) is 15.1. The van der Waals surface area contributed by atoms with Crippen molar-refractivity contribution in [2.75, 3.05) is 52.5 Å². The third kappa shape index (κ3) is 6.28. The van der Waals surface area contributed by atoms with Gasteiger partial charge in [-0.15, -0.1) is 11.8 Å². The molecular formula is C18H25NO6S. The van der Waals surface area contributed by atoms with Gasteiger partial charge in [0.1, 0.15) is 35.0 Å². The van der Waals surface area contributed by atoms with Crippen LogP contribution in [0.5, 0.6) is 11.5 Å². The van der Waals surface area contributed by atoms with Gasteiger partial charge in [-0.2, -0.15) is 0 Å². The molecule has 0 amide bonds. The minimum Gasteiger partial charge on any atom is -0.507 e. The van der Waals surface area contributed by atoms with Gasteiger partial charge in [0.15, 0.2) is 0 Å². The zero-order valence-corrected chi connectivity index (χ0v) is 15.9. The summed E-state index contributed by atoms with van der Waals surface area (Å²) in [5, 5.41) is 10.9. The summed E-state index contributed by atoms with van der Waals surface area (Å²) in [6, 6.07) is 5.06. The molecular weight excluding hydrogens is 358 g/mol. The number of carbonyl (C=O) groups is 1. The van der Waals surface area contributed by atoms with Crippen LogP contribution >= 0.6 is 11.8 Å². The quantitative estimate of drug-likeness (QED) is 0.436. The molecule has 0 bridgehead atoms. The number of carbonyl (C=O) groups excluding carboxylic acids is 1. The molecule has 0 saturated carbocycles. The minimum absolute atomic E-state index is 0.0800. The number of benzene rings is 1. The van der Waals surface area contributed by atoms with E-state index in [9.17, 15) is 9.90 Å². The number of ether oxygens (including phenoxy) is 4. The van der Waals surface area contributed by atoms with Gasteiger partial charge in [0.05, 0.1) is 33.0 Å². The van der Waals surface area contributed by atoms with Gasteiger partial charge in [-0.1, -0.05) is 0 Å². The van der Waals surface area contributed by atoms with E-state index >= 15 is 0 Å². The molecule has 0 saturated heterocycles. The predicted octanol–water partition coefficient (Wildman–Crippen LogP) is 1.90. The van der Waals surface area contributed by atoms with Crippen molar-refractivity contribution in [3.63, 3.8) is 0 Å². The largest absolute Gasteiger partial charge is 0.507 e. The average Bonchev–Trinajstić information content (AvgIpc) is 3.03. The van der Waals surface area contributed by atoms with Crippen molar-refractivity contribution in [1.29, 1.82) is 0 Å². The lowest BCUT2D eigenvalue weighted by Crippen LogP contribution is -2.23. The number of aldehydes is 1. The molecule has 1 atom stereocenters. The summed E-state index contributed by atoms with van der Waals surface area (Å²) in [5.74, 6) is 1.21. The smallest absolute Gasteiger partial charge is 0.148 e. The highest BCUT2D eigenvalue weighted by Crippen LogP contribution is 2.34. The van der Waals surface area contributed by atoms with Crippen molar-refractivity contribution in [2.45, 2.75) is 12.5 Å². The molecule has 0 spiro atoms. The number of methoxy groups -OCH3 is 1. The van der Waals surface area contributed by atoms with Gasteiger partial charge in [-0.05, 0) is 19.1 Å². The highest BCUT2D eigenvalue weighted by Gasteiger charge is 2.31. The van der Waals surface area contributed by atoms with Gasteiger partial charge < -0.3 is 28.8 Å². The van der Waals surface area contributed by atoms with E-state index in [1.807, 2.05) is 0 Å². The fraction of sp³-hybridized carbons (Fsp3) is 0.556. The summed E-state index contributed by atoms with van der Waals surface area (Å²) in [6.45, 7) is 4.70. The van der Waals surface area contributed by atoms with Gasteiger partial charge >= 0.3 is 0 Å². The molecule has 0 fully saturated rings. The molecule has 26 heavy (non-hydrogen) atoms. The van der Waals surface area contributed by atoms with Gasteiger partial charge in [0.2, 0.25) is 0 Å². The van der Waals surface area contributed by atoms with Gasteiger partial charge in [-0.3, -0.25) is 4.99 Å². The number of phenols is 1. The number of thioether (sulfide) groups is 1. The van der Waals surface area contributed by atoms with Crippen molar-refractivity contribution < 1.29 is 28.8 Å². The summed E-state index contributed by atoms with van der Waals surface area (Å²) in [5.41, 5.74) is -0.107. The predicted molar refractivity (Wildman–Crippen MR) is 101 cm³/mol. The number of hydrogen-bond acceptors (Lipinski definition) is 8. The van der Waals surface area contributed by atoms with Crippen LogP contribution in [0.15, 0.2) is 23.2 Å². The number of aromatic hydroxyl groups is 1. The Hall–Kier alpha value is -1.61. The monoisotopic (exact) mass is 383 g/mol. The summed E-state index contributed by atoms with van der Waals surface area (Å²) in [4.78, 5) is 15.5. The maximum absolute atomic E-state index is 11.1. The standard InChI is InChI=1S/C18H25NO6S/c1-18(12-20)13-26-17(19-18)15-4-3-14(11-16(15)21)25-10-9-24-8-7-23-6-5-22-2/h3-4,11-12,21H,5-10,13H2,1-2H3/t18-/m0/s1. The first-order valence-corrected chi connectivity index (χ1v) is 9.36. The number of phenolic OH excluding ortho intramolecular Hbond substituents is 1. The first-order chi connectivity index (χ1) is 12.6. The first-order valence-electron chi connectivity index (χ1n) is 8.37. The van der Waals surface area contributed by atoms with Crippen molar-refractivity contribution in [2.24, 2.45) is 4.99 Å². The van der Waals surface area contributed by atoms with Crippen LogP contribution in [0.1, 0.15) is 12.5 Å². The Morgan fingerprint density at radius 3 is 2.50 bits per heavy atom. The van der Waals surface area contributed by atoms with Crippen LogP contribution in [0.25, 0.3) is 0 Å². The van der Waals surface area contributed by atoms with Gasteiger partial charge in [0.25, 0.3) is 0 Å². The van der Waals surface area contributed by atoms with Crippen LogP contribution in [0, 0.1) is 0 Å². The number of nitrogens with zero attached hydrogens (tertiary/aromatic N) is 1. The molecule has 2 rings (SSSR count). The molecule has 1 aromatic carbocycles. The molecule has 7 nitrogen and oxygen atoms in total. The van der Waals surface area contributed by atoms with Gasteiger partial charge in [0, 0.05) is 24.5 Å². The Kier molecular flexibility index (Phi) is 8.37. The number of hydrogen-bond donors (Lipinski definition) is 1. The van der Waals surface area contributed by atoms with E-state index in [4.69, 9.17) is 18.9 Å². The molecule has 0 aliphatic carbocycles. The first kappa shape index (κ1) is 20.7. The van der Waals surface area contributed by atoms with E-state index in [-0.39, 0.29) is 5.75 Å². The molecule has 1 N–H and O–H groups in total. The van der Waals surface area contributed by atoms with E-state index in [0.717, 1.165) is 6.29 Å². The Bertz CT molecular complexity index is 624. The Morgan fingerprint density at radius 1 is 1.19 bits per heavy atom. The molecule has 1 heterocycles. The van der Waals surface area contributed by atoms with Crippen molar-refractivity contribution in [1.82, 2.24) is 0 Å². The van der Waals surface area contributed by atoms with Crippen LogP contribution in [-0.2, 0) is 19.0 Å². The maximum atomic E-state index is 11.1. The summed E-state index contributed by atoms with van der Waals surface area (Å²) >= 11 is 1.46. The normalized spacial score (nSPS) is 19.4. The van der Waals surface area contributed by atoms with Crippen LogP contribution in [0.4, 0.5) is 0 Å². The molecule has 0 aromatic heterocycles. The van der Waals surface area contributed by atoms with Crippen LogP contribution in [-0.4, -0.2) is 74.5 Å². The SMILES string of the molecule is COCCOCCOCCOc1ccc(C2=N[C@@](C)(C=O)CS2)c(O)c1. The van der Waals surface area contributed by atoms with E-state index in [0.29, 0.717) is 61.8 Å². The zero-order chi connectivity index (χ0) is 18.8. The van der Waals surface area contributed by atoms with Crippen LogP contribution in [0.2, 0.25) is 0 Å². The fourth-order valence-corrected chi connectivity index (χ4v) is 3.34. The lowest BCUT2D eigenvalue weighted by atomic mass is 10.1. The highest BCUT2D eigenvalue weighted by molar-refractivity contribution is 8.14. The molecule has 1 aromatic rings. The second kappa shape index (κ2) is 10.5. The van der Waals surface area contributed by atoms with E-state index in [1.54, 1.807) is 32.2 Å². The van der Waals surface area contributed by atoms with E-state index in [2.05, 4.69) is 4.99 Å². The summed E-state index contributed by atoms with van der Waals surface area (Å²) in [6.07, 6.45) is 0.837. The van der Waals surface area contributed by atoms with E-state index < -0.39 is 5.54 Å². The minimum atomic E-state index is -0.716. The third-order valence-electron chi connectivity index (χ3n) is 3.61.